The summed E-state index contributed by atoms with van der Waals surface area (Å²) in [6.45, 7) is 11.3. The molecule has 2 rings (SSSR count). The van der Waals surface area contributed by atoms with Gasteiger partial charge in [-0.2, -0.15) is 4.98 Å². The molecule has 1 aliphatic carbocycles. The lowest BCUT2D eigenvalue weighted by Gasteiger charge is -2.45. The second-order valence-electron chi connectivity index (χ2n) is 7.51. The number of nitrogens with two attached hydrogens (primary N) is 1. The Kier molecular flexibility index (Phi) is 3.45. The van der Waals surface area contributed by atoms with Crippen molar-refractivity contribution in [2.75, 3.05) is 11.1 Å². The monoisotopic (exact) mass is 262 g/mol. The van der Waals surface area contributed by atoms with Crippen LogP contribution in [0.4, 0.5) is 11.8 Å². The van der Waals surface area contributed by atoms with E-state index in [0.29, 0.717) is 22.8 Å². The molecule has 0 spiro atoms. The molecular formula is C15H26N4. The van der Waals surface area contributed by atoms with Gasteiger partial charge in [0.1, 0.15) is 5.82 Å². The molecule has 1 aromatic rings. The number of nitrogen functional groups attached to an aromatic ring is 1. The number of nitrogens with zero attached hydrogens (tertiary/aromatic N) is 2. The predicted octanol–water partition coefficient (Wildman–Crippen LogP) is 3.38. The van der Waals surface area contributed by atoms with Crippen molar-refractivity contribution in [1.82, 2.24) is 9.97 Å². The number of hydrogen-bond donors (Lipinski definition) is 2. The van der Waals surface area contributed by atoms with Gasteiger partial charge in [0.15, 0.2) is 0 Å². The lowest BCUT2D eigenvalue weighted by molar-refractivity contribution is 0.105. The molecule has 19 heavy (non-hydrogen) atoms. The van der Waals surface area contributed by atoms with Crippen LogP contribution in [0.3, 0.4) is 0 Å². The average Bonchev–Trinajstić information content (AvgIpc) is 2.08. The summed E-state index contributed by atoms with van der Waals surface area (Å²) in [5, 5.41) is 3.54. The fraction of sp³-hybridized carbons (Fsp3) is 0.733. The summed E-state index contributed by atoms with van der Waals surface area (Å²) in [6.07, 6.45) is 3.60. The van der Waals surface area contributed by atoms with E-state index in [1.54, 1.807) is 0 Å². The molecule has 0 saturated heterocycles. The molecule has 1 fully saturated rings. The van der Waals surface area contributed by atoms with E-state index < -0.39 is 0 Å². The van der Waals surface area contributed by atoms with Crippen molar-refractivity contribution < 1.29 is 0 Å². The molecule has 1 saturated carbocycles. The molecule has 4 nitrogen and oxygen atoms in total. The summed E-state index contributed by atoms with van der Waals surface area (Å²) in [5.41, 5.74) is 7.35. The summed E-state index contributed by atoms with van der Waals surface area (Å²) >= 11 is 0. The van der Waals surface area contributed by atoms with E-state index in [4.69, 9.17) is 5.73 Å². The number of aryl methyl sites for hydroxylation is 1. The van der Waals surface area contributed by atoms with Crippen molar-refractivity contribution in [3.8, 4) is 0 Å². The van der Waals surface area contributed by atoms with Crippen LogP contribution in [0.15, 0.2) is 6.07 Å². The van der Waals surface area contributed by atoms with Gasteiger partial charge >= 0.3 is 0 Å². The first kappa shape index (κ1) is 14.1. The van der Waals surface area contributed by atoms with Gasteiger partial charge in [0.2, 0.25) is 5.95 Å². The summed E-state index contributed by atoms with van der Waals surface area (Å²) < 4.78 is 0. The lowest BCUT2D eigenvalue weighted by Crippen LogP contribution is -2.40. The first-order valence-corrected chi connectivity index (χ1v) is 7.03. The minimum atomic E-state index is 0.344. The van der Waals surface area contributed by atoms with E-state index in [2.05, 4.69) is 43.0 Å². The van der Waals surface area contributed by atoms with Crippen LogP contribution < -0.4 is 11.1 Å². The smallest absolute Gasteiger partial charge is 0.222 e. The van der Waals surface area contributed by atoms with Crippen molar-refractivity contribution in [2.24, 2.45) is 10.8 Å². The molecule has 1 aromatic heterocycles. The van der Waals surface area contributed by atoms with E-state index >= 15 is 0 Å². The summed E-state index contributed by atoms with van der Waals surface area (Å²) in [5.74, 6) is 1.19. The fourth-order valence-corrected chi connectivity index (χ4v) is 3.82. The van der Waals surface area contributed by atoms with Gasteiger partial charge in [-0.25, -0.2) is 4.98 Å². The highest BCUT2D eigenvalue weighted by molar-refractivity contribution is 5.41. The molecule has 3 N–H and O–H groups in total. The van der Waals surface area contributed by atoms with E-state index in [9.17, 15) is 0 Å². The maximum absolute atomic E-state index is 5.71. The SMILES string of the molecule is Cc1cc(NC2CC(C)(C)CC(C)(C)C2)nc(N)n1. The Morgan fingerprint density at radius 1 is 1.16 bits per heavy atom. The fourth-order valence-electron chi connectivity index (χ4n) is 3.82. The lowest BCUT2D eigenvalue weighted by atomic mass is 9.63. The predicted molar refractivity (Wildman–Crippen MR) is 80.0 cm³/mol. The van der Waals surface area contributed by atoms with Crippen LogP contribution in [-0.2, 0) is 0 Å². The average molecular weight is 262 g/mol. The van der Waals surface area contributed by atoms with Crippen LogP contribution in [0.25, 0.3) is 0 Å². The molecule has 1 aliphatic rings. The Morgan fingerprint density at radius 3 is 2.26 bits per heavy atom. The Labute approximate surface area is 116 Å². The second kappa shape index (κ2) is 4.66. The van der Waals surface area contributed by atoms with Gasteiger partial charge in [-0.15, -0.1) is 0 Å². The third-order valence-corrected chi connectivity index (χ3v) is 3.78. The largest absolute Gasteiger partial charge is 0.368 e. The Balaban J connectivity index is 2.14. The van der Waals surface area contributed by atoms with Gasteiger partial charge in [-0.05, 0) is 37.0 Å². The van der Waals surface area contributed by atoms with Gasteiger partial charge in [0, 0.05) is 17.8 Å². The Bertz CT molecular complexity index is 429. The molecule has 0 aromatic carbocycles. The van der Waals surface area contributed by atoms with E-state index in [1.807, 2.05) is 13.0 Å². The van der Waals surface area contributed by atoms with Crippen LogP contribution in [0.2, 0.25) is 0 Å². The maximum atomic E-state index is 5.71. The molecule has 0 unspecified atom stereocenters. The minimum absolute atomic E-state index is 0.344. The Morgan fingerprint density at radius 2 is 1.74 bits per heavy atom. The van der Waals surface area contributed by atoms with Crippen LogP contribution in [0.5, 0.6) is 0 Å². The summed E-state index contributed by atoms with van der Waals surface area (Å²) in [4.78, 5) is 8.39. The van der Waals surface area contributed by atoms with E-state index in [1.165, 1.54) is 19.3 Å². The van der Waals surface area contributed by atoms with Crippen molar-refractivity contribution in [1.29, 1.82) is 0 Å². The first-order chi connectivity index (χ1) is 8.65. The van der Waals surface area contributed by atoms with Crippen LogP contribution >= 0.6 is 0 Å². The van der Waals surface area contributed by atoms with Gasteiger partial charge < -0.3 is 11.1 Å². The first-order valence-electron chi connectivity index (χ1n) is 7.03. The maximum Gasteiger partial charge on any atom is 0.222 e. The molecule has 1 heterocycles. The molecule has 106 valence electrons. The minimum Gasteiger partial charge on any atom is -0.368 e. The molecule has 0 radical (unpaired) electrons. The normalized spacial score (nSPS) is 22.2. The molecule has 0 atom stereocenters. The molecule has 4 heteroatoms. The van der Waals surface area contributed by atoms with Crippen molar-refractivity contribution >= 4 is 11.8 Å². The van der Waals surface area contributed by atoms with Crippen LogP contribution in [0, 0.1) is 17.8 Å². The topological polar surface area (TPSA) is 63.8 Å². The summed E-state index contributed by atoms with van der Waals surface area (Å²) in [6, 6.07) is 2.41. The highest BCUT2D eigenvalue weighted by Crippen LogP contribution is 2.46. The van der Waals surface area contributed by atoms with Crippen molar-refractivity contribution in [2.45, 2.75) is 59.9 Å². The number of rotatable bonds is 2. The van der Waals surface area contributed by atoms with Gasteiger partial charge in [0.05, 0.1) is 0 Å². The zero-order chi connectivity index (χ0) is 14.3. The van der Waals surface area contributed by atoms with Crippen LogP contribution in [0.1, 0.15) is 52.7 Å². The van der Waals surface area contributed by atoms with Gasteiger partial charge in [-0.3, -0.25) is 0 Å². The second-order valence-corrected chi connectivity index (χ2v) is 7.51. The zero-order valence-electron chi connectivity index (χ0n) is 12.7. The number of anilines is 2. The van der Waals surface area contributed by atoms with E-state index in [-0.39, 0.29) is 0 Å². The highest BCUT2D eigenvalue weighted by atomic mass is 15.1. The molecule has 0 amide bonds. The number of nitrogens with one attached hydrogen (secondary N) is 1. The van der Waals surface area contributed by atoms with Gasteiger partial charge in [-0.1, -0.05) is 27.7 Å². The van der Waals surface area contributed by atoms with Gasteiger partial charge in [0.25, 0.3) is 0 Å². The number of aromatic nitrogens is 2. The van der Waals surface area contributed by atoms with E-state index in [0.717, 1.165) is 11.5 Å². The number of hydrogen-bond acceptors (Lipinski definition) is 4. The summed E-state index contributed by atoms with van der Waals surface area (Å²) in [7, 11) is 0. The third-order valence-electron chi connectivity index (χ3n) is 3.78. The molecule has 0 bridgehead atoms. The highest BCUT2D eigenvalue weighted by Gasteiger charge is 2.38. The van der Waals surface area contributed by atoms with Crippen LogP contribution in [-0.4, -0.2) is 16.0 Å². The molecular weight excluding hydrogens is 236 g/mol. The Hall–Kier alpha value is -1.32. The standard InChI is InChI=1S/C15H26N4/c1-10-6-12(19-13(16)17-10)18-11-7-14(2,3)9-15(4,5)8-11/h6,11H,7-9H2,1-5H3,(H3,16,17,18,19). The zero-order valence-corrected chi connectivity index (χ0v) is 12.7. The quantitative estimate of drug-likeness (QED) is 0.857. The van der Waals surface area contributed by atoms with Crippen molar-refractivity contribution in [3.05, 3.63) is 11.8 Å². The third kappa shape index (κ3) is 3.82. The van der Waals surface area contributed by atoms with Crippen molar-refractivity contribution in [3.63, 3.8) is 0 Å². The molecule has 0 aliphatic heterocycles.